The number of nitrogens with zero attached hydrogens (tertiary/aromatic N) is 2. The van der Waals surface area contributed by atoms with Crippen molar-refractivity contribution >= 4 is 17.9 Å². The fourth-order valence-electron chi connectivity index (χ4n) is 3.04. The quantitative estimate of drug-likeness (QED) is 0.816. The van der Waals surface area contributed by atoms with E-state index in [0.717, 1.165) is 28.2 Å². The second kappa shape index (κ2) is 6.94. The molecule has 5 nitrogen and oxygen atoms in total. The van der Waals surface area contributed by atoms with Crippen LogP contribution in [0.3, 0.4) is 0 Å². The lowest BCUT2D eigenvalue weighted by Crippen LogP contribution is -2.33. The zero-order chi connectivity index (χ0) is 19.8. The van der Waals surface area contributed by atoms with Gasteiger partial charge >= 0.3 is 6.18 Å². The van der Waals surface area contributed by atoms with Gasteiger partial charge in [-0.25, -0.2) is 0 Å². The number of carbonyl (C=O) groups excluding carboxylic acids is 2. The zero-order valence-corrected chi connectivity index (χ0v) is 14.8. The molecule has 0 fully saturated rings. The molecule has 0 saturated carbocycles. The van der Waals surface area contributed by atoms with Gasteiger partial charge in [-0.05, 0) is 37.6 Å². The minimum Gasteiger partial charge on any atom is -0.303 e. The van der Waals surface area contributed by atoms with Crippen LogP contribution in [0.2, 0.25) is 0 Å². The molecule has 0 radical (unpaired) electrons. The second-order valence-corrected chi connectivity index (χ2v) is 6.45. The number of amides is 1. The Morgan fingerprint density at radius 3 is 2.67 bits per heavy atom. The van der Waals surface area contributed by atoms with E-state index < -0.39 is 11.7 Å². The Morgan fingerprint density at radius 1 is 1.26 bits per heavy atom. The Morgan fingerprint density at radius 2 is 2.00 bits per heavy atom. The number of hydrogen-bond acceptors (Lipinski definition) is 4. The fourth-order valence-corrected chi connectivity index (χ4v) is 3.04. The van der Waals surface area contributed by atoms with Crippen LogP contribution < -0.4 is 10.3 Å². The summed E-state index contributed by atoms with van der Waals surface area (Å²) in [6.45, 7) is 4.00. The van der Waals surface area contributed by atoms with Gasteiger partial charge in [0, 0.05) is 24.4 Å². The Bertz CT molecular complexity index is 884. The first-order valence-corrected chi connectivity index (χ1v) is 8.26. The highest BCUT2D eigenvalue weighted by Crippen LogP contribution is 2.33. The van der Waals surface area contributed by atoms with Gasteiger partial charge in [-0.3, -0.25) is 19.5 Å². The average Bonchev–Trinajstić information content (AvgIpc) is 3.08. The molecule has 27 heavy (non-hydrogen) atoms. The van der Waals surface area contributed by atoms with E-state index in [0.29, 0.717) is 24.2 Å². The number of hydrogen-bond donors (Lipinski definition) is 1. The predicted molar refractivity (Wildman–Crippen MR) is 94.0 cm³/mol. The minimum absolute atomic E-state index is 0.0199. The molecule has 0 spiro atoms. The maximum atomic E-state index is 12.9. The van der Waals surface area contributed by atoms with Crippen molar-refractivity contribution in [2.45, 2.75) is 26.4 Å². The topological polar surface area (TPSA) is 52.6 Å². The largest absolute Gasteiger partial charge is 0.416 e. The van der Waals surface area contributed by atoms with Gasteiger partial charge in [-0.1, -0.05) is 11.6 Å². The van der Waals surface area contributed by atoms with Crippen molar-refractivity contribution in [2.24, 2.45) is 0 Å². The molecule has 0 saturated heterocycles. The molecule has 142 valence electrons. The molecule has 1 amide bonds. The Labute approximate surface area is 154 Å². The van der Waals surface area contributed by atoms with Crippen LogP contribution in [-0.2, 0) is 15.8 Å². The van der Waals surface area contributed by atoms with Gasteiger partial charge in [-0.2, -0.15) is 13.2 Å². The fraction of sp³-hybridized carbons (Fsp3) is 0.263. The third kappa shape index (κ3) is 3.74. The van der Waals surface area contributed by atoms with Crippen LogP contribution in [0.4, 0.5) is 18.9 Å². The predicted octanol–water partition coefficient (Wildman–Crippen LogP) is 3.52. The number of rotatable bonds is 4. The summed E-state index contributed by atoms with van der Waals surface area (Å²) in [6.07, 6.45) is -0.584. The summed E-state index contributed by atoms with van der Waals surface area (Å²) in [6, 6.07) is 4.58. The Kier molecular flexibility index (Phi) is 4.82. The smallest absolute Gasteiger partial charge is 0.303 e. The van der Waals surface area contributed by atoms with E-state index in [4.69, 9.17) is 0 Å². The van der Waals surface area contributed by atoms with Gasteiger partial charge in [0.05, 0.1) is 23.5 Å². The van der Waals surface area contributed by atoms with Gasteiger partial charge in [-0.15, -0.1) is 0 Å². The van der Waals surface area contributed by atoms with Gasteiger partial charge in [0.1, 0.15) is 0 Å². The van der Waals surface area contributed by atoms with E-state index in [2.05, 4.69) is 5.43 Å². The van der Waals surface area contributed by atoms with Crippen molar-refractivity contribution in [2.75, 3.05) is 11.4 Å². The standard InChI is InChI=1S/C19H18F3N3O2/c1-12-6-17(27)8-18(13(12)2)25-10-16(9-23-25)24(11-26)15-5-3-4-14(7-15)19(20,21)22/h3-5,7-9,11,23H,6,10H2,1-2H3. The highest BCUT2D eigenvalue weighted by molar-refractivity contribution is 5.94. The third-order valence-corrected chi connectivity index (χ3v) is 4.63. The highest BCUT2D eigenvalue weighted by Gasteiger charge is 2.32. The molecule has 1 aromatic carbocycles. The molecule has 0 aromatic heterocycles. The molecule has 0 atom stereocenters. The van der Waals surface area contributed by atoms with Crippen molar-refractivity contribution in [3.8, 4) is 0 Å². The molecular weight excluding hydrogens is 359 g/mol. The van der Waals surface area contributed by atoms with Crippen LogP contribution in [0.5, 0.6) is 0 Å². The molecule has 1 N–H and O–H groups in total. The zero-order valence-electron chi connectivity index (χ0n) is 14.8. The van der Waals surface area contributed by atoms with E-state index in [1.54, 1.807) is 5.01 Å². The number of nitrogens with one attached hydrogen (secondary N) is 1. The Balaban J connectivity index is 1.83. The lowest BCUT2D eigenvalue weighted by molar-refractivity contribution is -0.137. The number of halogens is 3. The number of alkyl halides is 3. The molecule has 8 heteroatoms. The summed E-state index contributed by atoms with van der Waals surface area (Å²) in [5, 5.41) is 1.69. The summed E-state index contributed by atoms with van der Waals surface area (Å²) in [4.78, 5) is 24.6. The van der Waals surface area contributed by atoms with E-state index in [1.165, 1.54) is 24.4 Å². The van der Waals surface area contributed by atoms with Crippen molar-refractivity contribution in [1.29, 1.82) is 0 Å². The van der Waals surface area contributed by atoms with Crippen LogP contribution >= 0.6 is 0 Å². The summed E-state index contributed by atoms with van der Waals surface area (Å²) in [7, 11) is 0. The molecule has 0 unspecified atom stereocenters. The van der Waals surface area contributed by atoms with E-state index >= 15 is 0 Å². The van der Waals surface area contributed by atoms with Gasteiger partial charge in [0.2, 0.25) is 6.41 Å². The van der Waals surface area contributed by atoms with Crippen LogP contribution in [0.15, 0.2) is 59.1 Å². The first-order valence-electron chi connectivity index (χ1n) is 8.26. The minimum atomic E-state index is -4.49. The summed E-state index contributed by atoms with van der Waals surface area (Å²) in [5.41, 5.74) is 5.32. The van der Waals surface area contributed by atoms with E-state index in [1.807, 2.05) is 13.8 Å². The van der Waals surface area contributed by atoms with Crippen LogP contribution in [0.25, 0.3) is 0 Å². The van der Waals surface area contributed by atoms with Crippen molar-refractivity contribution < 1.29 is 22.8 Å². The molecule has 1 aliphatic carbocycles. The summed E-state index contributed by atoms with van der Waals surface area (Å²) in [5.74, 6) is -0.0199. The van der Waals surface area contributed by atoms with Crippen molar-refractivity contribution in [1.82, 2.24) is 10.4 Å². The van der Waals surface area contributed by atoms with Crippen molar-refractivity contribution in [3.05, 3.63) is 64.6 Å². The molecule has 2 aliphatic rings. The molecule has 0 bridgehead atoms. The second-order valence-electron chi connectivity index (χ2n) is 6.45. The lowest BCUT2D eigenvalue weighted by atomic mass is 9.96. The number of anilines is 1. The van der Waals surface area contributed by atoms with Gasteiger partial charge < -0.3 is 5.43 Å². The van der Waals surface area contributed by atoms with Gasteiger partial charge in [0.15, 0.2) is 5.78 Å². The molecule has 1 aromatic rings. The van der Waals surface area contributed by atoms with Crippen LogP contribution in [0, 0.1) is 0 Å². The first kappa shape index (κ1) is 18.8. The molecule has 1 heterocycles. The third-order valence-electron chi connectivity index (χ3n) is 4.63. The van der Waals surface area contributed by atoms with E-state index in [-0.39, 0.29) is 18.0 Å². The van der Waals surface area contributed by atoms with Crippen molar-refractivity contribution in [3.63, 3.8) is 0 Å². The number of hydrazine groups is 1. The Hall–Kier alpha value is -3.03. The summed E-state index contributed by atoms with van der Waals surface area (Å²) >= 11 is 0. The number of ketones is 1. The number of allylic oxidation sites excluding steroid dienone is 3. The molecule has 1 aliphatic heterocycles. The van der Waals surface area contributed by atoms with Crippen LogP contribution in [0.1, 0.15) is 25.8 Å². The monoisotopic (exact) mass is 377 g/mol. The number of benzene rings is 1. The maximum absolute atomic E-state index is 12.9. The average molecular weight is 377 g/mol. The highest BCUT2D eigenvalue weighted by atomic mass is 19.4. The molecular formula is C19H18F3N3O2. The normalized spacial score (nSPS) is 17.5. The maximum Gasteiger partial charge on any atom is 0.416 e. The first-order chi connectivity index (χ1) is 12.7. The lowest BCUT2D eigenvalue weighted by Gasteiger charge is -2.27. The van der Waals surface area contributed by atoms with Crippen LogP contribution in [-0.4, -0.2) is 23.7 Å². The SMILES string of the molecule is CC1=C(C)C(N2CC(N(C=O)c3cccc(C(F)(F)F)c3)=CN2)=CC(=O)C1. The molecule has 3 rings (SSSR count). The van der Waals surface area contributed by atoms with E-state index in [9.17, 15) is 22.8 Å². The summed E-state index contributed by atoms with van der Waals surface area (Å²) < 4.78 is 38.8. The van der Waals surface area contributed by atoms with Gasteiger partial charge in [0.25, 0.3) is 0 Å². The number of carbonyl (C=O) groups is 2.